The lowest BCUT2D eigenvalue weighted by molar-refractivity contribution is -0.142. The van der Waals surface area contributed by atoms with Crippen molar-refractivity contribution in [3.8, 4) is 5.75 Å². The molecule has 0 heterocycles. The maximum absolute atomic E-state index is 13.4. The standard InChI is InChI=1S/C14H16FNO4/c1-3-16(9-14(18)19)13(17)7-5-10-4-6-12(20-2)11(15)8-10/h4-8H,3,9H2,1-2H3,(H,18,19)/b7-5+. The molecule has 1 N–H and O–H groups in total. The predicted molar refractivity (Wildman–Crippen MR) is 71.9 cm³/mol. The van der Waals surface area contributed by atoms with E-state index in [1.54, 1.807) is 13.0 Å². The number of likely N-dealkylation sites (N-methyl/N-ethyl adjacent to an activating group) is 1. The van der Waals surface area contributed by atoms with Gasteiger partial charge in [-0.25, -0.2) is 4.39 Å². The number of carboxylic acids is 1. The molecule has 0 atom stereocenters. The summed E-state index contributed by atoms with van der Waals surface area (Å²) < 4.78 is 18.2. The fourth-order valence-electron chi connectivity index (χ4n) is 1.57. The minimum absolute atomic E-state index is 0.120. The molecule has 1 aromatic carbocycles. The number of carbonyl (C=O) groups excluding carboxylic acids is 1. The van der Waals surface area contributed by atoms with E-state index >= 15 is 0 Å². The van der Waals surface area contributed by atoms with Crippen molar-refractivity contribution in [3.05, 3.63) is 35.7 Å². The highest BCUT2D eigenvalue weighted by atomic mass is 19.1. The average Bonchev–Trinajstić information content (AvgIpc) is 2.42. The van der Waals surface area contributed by atoms with Gasteiger partial charge in [0.2, 0.25) is 5.91 Å². The zero-order chi connectivity index (χ0) is 15.1. The highest BCUT2D eigenvalue weighted by molar-refractivity contribution is 5.93. The Morgan fingerprint density at radius 3 is 2.65 bits per heavy atom. The zero-order valence-electron chi connectivity index (χ0n) is 11.3. The summed E-state index contributed by atoms with van der Waals surface area (Å²) in [5, 5.41) is 8.66. The minimum Gasteiger partial charge on any atom is -0.494 e. The van der Waals surface area contributed by atoms with Crippen molar-refractivity contribution in [3.63, 3.8) is 0 Å². The number of ether oxygens (including phenoxy) is 1. The molecule has 0 bridgehead atoms. The summed E-state index contributed by atoms with van der Waals surface area (Å²) in [5.74, 6) is -1.93. The SMILES string of the molecule is CCN(CC(=O)O)C(=O)/C=C/c1ccc(OC)c(F)c1. The molecule has 0 unspecified atom stereocenters. The molecule has 0 aliphatic heterocycles. The summed E-state index contributed by atoms with van der Waals surface area (Å²) in [6.45, 7) is 1.60. The molecule has 0 aliphatic rings. The van der Waals surface area contributed by atoms with E-state index < -0.39 is 17.7 Å². The Bertz CT molecular complexity index is 528. The van der Waals surface area contributed by atoms with Crippen LogP contribution in [0.4, 0.5) is 4.39 Å². The van der Waals surface area contributed by atoms with Crippen molar-refractivity contribution < 1.29 is 23.8 Å². The van der Waals surface area contributed by atoms with E-state index in [-0.39, 0.29) is 18.8 Å². The van der Waals surface area contributed by atoms with Gasteiger partial charge in [0, 0.05) is 12.6 Å². The number of aliphatic carboxylic acids is 1. The molecule has 0 saturated heterocycles. The molecule has 0 fully saturated rings. The fraction of sp³-hybridized carbons (Fsp3) is 0.286. The van der Waals surface area contributed by atoms with Crippen LogP contribution in [0.3, 0.4) is 0 Å². The number of amides is 1. The molecular formula is C14H16FNO4. The Morgan fingerprint density at radius 1 is 1.45 bits per heavy atom. The lowest BCUT2D eigenvalue weighted by Gasteiger charge is -2.15. The van der Waals surface area contributed by atoms with Crippen LogP contribution in [0.15, 0.2) is 24.3 Å². The van der Waals surface area contributed by atoms with Crippen molar-refractivity contribution in [2.45, 2.75) is 6.92 Å². The second-order valence-corrected chi connectivity index (χ2v) is 3.97. The summed E-state index contributed by atoms with van der Waals surface area (Å²) in [5.41, 5.74) is 0.489. The minimum atomic E-state index is -1.08. The third-order valence-corrected chi connectivity index (χ3v) is 2.61. The summed E-state index contributed by atoms with van der Waals surface area (Å²) in [4.78, 5) is 23.5. The van der Waals surface area contributed by atoms with Gasteiger partial charge in [-0.15, -0.1) is 0 Å². The third-order valence-electron chi connectivity index (χ3n) is 2.61. The smallest absolute Gasteiger partial charge is 0.323 e. The molecule has 0 aromatic heterocycles. The van der Waals surface area contributed by atoms with Crippen LogP contribution in [0.25, 0.3) is 6.08 Å². The van der Waals surface area contributed by atoms with Gasteiger partial charge in [0.1, 0.15) is 6.54 Å². The van der Waals surface area contributed by atoms with Gasteiger partial charge in [-0.2, -0.15) is 0 Å². The van der Waals surface area contributed by atoms with E-state index in [2.05, 4.69) is 0 Å². The Labute approximate surface area is 116 Å². The summed E-state index contributed by atoms with van der Waals surface area (Å²) in [7, 11) is 1.36. The average molecular weight is 281 g/mol. The topological polar surface area (TPSA) is 66.8 Å². The third kappa shape index (κ3) is 4.38. The molecule has 0 radical (unpaired) electrons. The Balaban J connectivity index is 2.78. The summed E-state index contributed by atoms with van der Waals surface area (Å²) in [6, 6.07) is 4.28. The van der Waals surface area contributed by atoms with Crippen molar-refractivity contribution >= 4 is 18.0 Å². The number of hydrogen-bond acceptors (Lipinski definition) is 3. The Kier molecular flexibility index (Phi) is 5.71. The second-order valence-electron chi connectivity index (χ2n) is 3.97. The molecule has 5 nitrogen and oxygen atoms in total. The van der Waals surface area contributed by atoms with Crippen LogP contribution in [0, 0.1) is 5.82 Å². The van der Waals surface area contributed by atoms with Crippen LogP contribution in [0.2, 0.25) is 0 Å². The largest absolute Gasteiger partial charge is 0.494 e. The number of nitrogens with zero attached hydrogens (tertiary/aromatic N) is 1. The van der Waals surface area contributed by atoms with Crippen LogP contribution in [-0.2, 0) is 9.59 Å². The van der Waals surface area contributed by atoms with Gasteiger partial charge >= 0.3 is 5.97 Å². The quantitative estimate of drug-likeness (QED) is 0.807. The molecule has 6 heteroatoms. The predicted octanol–water partition coefficient (Wildman–Crippen LogP) is 1.78. The summed E-state index contributed by atoms with van der Waals surface area (Å²) >= 11 is 0. The molecular weight excluding hydrogens is 265 g/mol. The van der Waals surface area contributed by atoms with Crippen molar-refractivity contribution in [1.82, 2.24) is 4.90 Å². The number of rotatable bonds is 6. The van der Waals surface area contributed by atoms with Gasteiger partial charge in [0.25, 0.3) is 0 Å². The molecule has 20 heavy (non-hydrogen) atoms. The van der Waals surface area contributed by atoms with E-state index in [1.165, 1.54) is 36.3 Å². The van der Waals surface area contributed by atoms with Gasteiger partial charge in [0.15, 0.2) is 11.6 Å². The highest BCUT2D eigenvalue weighted by Crippen LogP contribution is 2.18. The number of halogens is 1. The molecule has 108 valence electrons. The number of methoxy groups -OCH3 is 1. The Morgan fingerprint density at radius 2 is 2.15 bits per heavy atom. The van der Waals surface area contributed by atoms with E-state index in [1.807, 2.05) is 0 Å². The molecule has 0 spiro atoms. The normalized spacial score (nSPS) is 10.6. The molecule has 1 amide bonds. The molecule has 0 saturated carbocycles. The number of carboxylic acid groups (broad SMARTS) is 1. The molecule has 0 aliphatic carbocycles. The first-order chi connectivity index (χ1) is 9.47. The molecule has 1 aromatic rings. The second kappa shape index (κ2) is 7.28. The first-order valence-corrected chi connectivity index (χ1v) is 6.00. The number of benzene rings is 1. The number of hydrogen-bond donors (Lipinski definition) is 1. The van der Waals surface area contributed by atoms with E-state index in [9.17, 15) is 14.0 Å². The van der Waals surface area contributed by atoms with Gasteiger partial charge in [-0.3, -0.25) is 9.59 Å². The van der Waals surface area contributed by atoms with Gasteiger partial charge in [-0.05, 0) is 30.7 Å². The first-order valence-electron chi connectivity index (χ1n) is 6.00. The lowest BCUT2D eigenvalue weighted by Crippen LogP contribution is -2.34. The Hall–Kier alpha value is -2.37. The van der Waals surface area contributed by atoms with Crippen LogP contribution < -0.4 is 4.74 Å². The maximum atomic E-state index is 13.4. The van der Waals surface area contributed by atoms with E-state index in [0.717, 1.165) is 0 Å². The van der Waals surface area contributed by atoms with Gasteiger partial charge in [-0.1, -0.05) is 6.07 Å². The fourth-order valence-corrected chi connectivity index (χ4v) is 1.57. The van der Waals surface area contributed by atoms with E-state index in [0.29, 0.717) is 5.56 Å². The zero-order valence-corrected chi connectivity index (χ0v) is 11.3. The monoisotopic (exact) mass is 281 g/mol. The highest BCUT2D eigenvalue weighted by Gasteiger charge is 2.11. The van der Waals surface area contributed by atoms with Crippen LogP contribution >= 0.6 is 0 Å². The van der Waals surface area contributed by atoms with Crippen molar-refractivity contribution in [1.29, 1.82) is 0 Å². The lowest BCUT2D eigenvalue weighted by atomic mass is 10.2. The summed E-state index contributed by atoms with van der Waals surface area (Å²) in [6.07, 6.45) is 2.64. The van der Waals surface area contributed by atoms with Gasteiger partial charge < -0.3 is 14.7 Å². The van der Waals surface area contributed by atoms with Crippen LogP contribution in [0.1, 0.15) is 12.5 Å². The van der Waals surface area contributed by atoms with Crippen LogP contribution in [-0.4, -0.2) is 42.1 Å². The molecule has 1 rings (SSSR count). The van der Waals surface area contributed by atoms with Crippen molar-refractivity contribution in [2.75, 3.05) is 20.2 Å². The van der Waals surface area contributed by atoms with Gasteiger partial charge in [0.05, 0.1) is 7.11 Å². The number of carbonyl (C=O) groups is 2. The van der Waals surface area contributed by atoms with Crippen LogP contribution in [0.5, 0.6) is 5.75 Å². The van der Waals surface area contributed by atoms with Crippen molar-refractivity contribution in [2.24, 2.45) is 0 Å². The first kappa shape index (κ1) is 15.7. The maximum Gasteiger partial charge on any atom is 0.323 e. The van der Waals surface area contributed by atoms with E-state index in [4.69, 9.17) is 9.84 Å².